The molecular weight excluding hydrogens is 511 g/mol. The lowest BCUT2D eigenvalue weighted by molar-refractivity contribution is 0.0699. The number of hydrogen-bond acceptors (Lipinski definition) is 5. The number of hydrogen-bond donors (Lipinski definition) is 1. The fourth-order valence-electron chi connectivity index (χ4n) is 5.94. The topological polar surface area (TPSA) is 84.4 Å². The molecule has 2 aliphatic carbocycles. The summed E-state index contributed by atoms with van der Waals surface area (Å²) in [5, 5.41) is 15.5. The van der Waals surface area contributed by atoms with Gasteiger partial charge in [-0.3, -0.25) is 4.98 Å². The molecule has 0 radical (unpaired) electrons. The first kappa shape index (κ1) is 22.9. The number of benzene rings is 1. The van der Waals surface area contributed by atoms with Crippen LogP contribution in [0.4, 0.5) is 5.69 Å². The minimum atomic E-state index is -0.898. The first-order chi connectivity index (χ1) is 17.9. The molecular formula is C28H24Cl2N4O3. The van der Waals surface area contributed by atoms with E-state index in [1.54, 1.807) is 18.6 Å². The Morgan fingerprint density at radius 3 is 2.57 bits per heavy atom. The number of aryl methyl sites for hydroxylation is 1. The normalized spacial score (nSPS) is 22.8. The molecule has 1 saturated heterocycles. The molecule has 3 aliphatic rings. The van der Waals surface area contributed by atoms with Gasteiger partial charge in [-0.05, 0) is 48.8 Å². The van der Waals surface area contributed by atoms with Crippen molar-refractivity contribution in [2.75, 3.05) is 18.0 Å². The maximum atomic E-state index is 11.5. The van der Waals surface area contributed by atoms with Crippen LogP contribution in [0.3, 0.4) is 0 Å². The highest BCUT2D eigenvalue weighted by atomic mass is 35.5. The number of carboxylic acids is 1. The van der Waals surface area contributed by atoms with E-state index in [0.29, 0.717) is 50.5 Å². The summed E-state index contributed by atoms with van der Waals surface area (Å²) < 4.78 is 7.67. The zero-order valence-electron chi connectivity index (χ0n) is 20.1. The Hall–Kier alpha value is -3.29. The molecule has 7 rings (SSSR count). The van der Waals surface area contributed by atoms with Crippen LogP contribution in [0.2, 0.25) is 10.0 Å². The monoisotopic (exact) mass is 534 g/mol. The van der Waals surface area contributed by atoms with E-state index in [-0.39, 0.29) is 0 Å². The van der Waals surface area contributed by atoms with E-state index < -0.39 is 5.97 Å². The quantitative estimate of drug-likeness (QED) is 0.303. The molecule has 1 aromatic carbocycles. The third-order valence-electron chi connectivity index (χ3n) is 8.11. The molecule has 2 atom stereocenters. The van der Waals surface area contributed by atoms with E-state index >= 15 is 0 Å². The minimum Gasteiger partial charge on any atom is -0.478 e. The molecule has 4 aromatic rings. The van der Waals surface area contributed by atoms with Gasteiger partial charge in [0.2, 0.25) is 0 Å². The zero-order valence-corrected chi connectivity index (χ0v) is 21.6. The average Bonchev–Trinajstić information content (AvgIpc) is 3.68. The van der Waals surface area contributed by atoms with Gasteiger partial charge in [0.1, 0.15) is 11.5 Å². The van der Waals surface area contributed by atoms with Gasteiger partial charge in [-0.15, -0.1) is 0 Å². The minimum absolute atomic E-state index is 0.339. The molecule has 1 aliphatic heterocycles. The van der Waals surface area contributed by atoms with Gasteiger partial charge < -0.3 is 19.1 Å². The third kappa shape index (κ3) is 3.75. The van der Waals surface area contributed by atoms with Crippen LogP contribution in [0.1, 0.15) is 40.4 Å². The van der Waals surface area contributed by atoms with E-state index in [1.165, 1.54) is 0 Å². The predicted molar refractivity (Wildman–Crippen MR) is 143 cm³/mol. The Kier molecular flexibility index (Phi) is 5.17. The van der Waals surface area contributed by atoms with Gasteiger partial charge in [0.05, 0.1) is 21.1 Å². The third-order valence-corrected chi connectivity index (χ3v) is 8.68. The molecule has 188 valence electrons. The Labute approximate surface area is 223 Å². The lowest BCUT2D eigenvalue weighted by Gasteiger charge is -2.21. The van der Waals surface area contributed by atoms with Gasteiger partial charge in [-0.25, -0.2) is 4.79 Å². The van der Waals surface area contributed by atoms with E-state index in [0.717, 1.165) is 53.8 Å². The van der Waals surface area contributed by atoms with Crippen molar-refractivity contribution in [3.8, 4) is 11.3 Å². The number of nitrogens with zero attached hydrogens (tertiary/aromatic N) is 4. The largest absolute Gasteiger partial charge is 0.478 e. The van der Waals surface area contributed by atoms with Gasteiger partial charge in [-0.1, -0.05) is 40.5 Å². The van der Waals surface area contributed by atoms with Crippen molar-refractivity contribution in [1.82, 2.24) is 14.7 Å². The second kappa shape index (κ2) is 8.36. The highest BCUT2D eigenvalue weighted by Gasteiger charge is 2.54. The second-order valence-electron chi connectivity index (χ2n) is 10.4. The maximum Gasteiger partial charge on any atom is 0.337 e. The number of rotatable bonds is 6. The summed E-state index contributed by atoms with van der Waals surface area (Å²) in [6.07, 6.45) is 11.5. The van der Waals surface area contributed by atoms with Crippen LogP contribution in [0, 0.1) is 17.8 Å². The van der Waals surface area contributed by atoms with Crippen molar-refractivity contribution in [3.63, 3.8) is 0 Å². The standard InChI is InChI=1S/C28H24Cl2N4O3/c1-33-11-21(28(35)36)17-5-4-15(8-24(17)33)34-12-19-16(20(19)13-34)6-7-18-26(32-37-27(18)14-2-3-14)25-22(29)9-31-10-23(25)30/h4-11,14,16,19-20H,2-3,12-13H2,1H3,(H,35,36). The number of allylic oxidation sites excluding steroid dienone is 1. The van der Waals surface area contributed by atoms with Gasteiger partial charge in [-0.2, -0.15) is 0 Å². The van der Waals surface area contributed by atoms with E-state index in [2.05, 4.69) is 33.3 Å². The first-order valence-electron chi connectivity index (χ1n) is 12.4. The van der Waals surface area contributed by atoms with Crippen LogP contribution < -0.4 is 4.90 Å². The Balaban J connectivity index is 1.11. The Morgan fingerprint density at radius 1 is 1.16 bits per heavy atom. The molecule has 3 aromatic heterocycles. The SMILES string of the molecule is Cn1cc(C(=O)O)c2ccc(N3CC4C(C=Cc5c(-c6c(Cl)cncc6Cl)noc5C5CC5)C4C3)cc21. The van der Waals surface area contributed by atoms with Crippen molar-refractivity contribution in [2.45, 2.75) is 18.8 Å². The molecule has 37 heavy (non-hydrogen) atoms. The van der Waals surface area contributed by atoms with Crippen LogP contribution in [-0.2, 0) is 7.05 Å². The molecule has 1 N–H and O–H groups in total. The lowest BCUT2D eigenvalue weighted by atomic mass is 10.0. The van der Waals surface area contributed by atoms with Crippen molar-refractivity contribution >= 4 is 51.8 Å². The van der Waals surface area contributed by atoms with Crippen LogP contribution in [0.5, 0.6) is 0 Å². The summed E-state index contributed by atoms with van der Waals surface area (Å²) in [7, 11) is 1.89. The van der Waals surface area contributed by atoms with E-state index in [1.807, 2.05) is 23.7 Å². The number of anilines is 1. The summed E-state index contributed by atoms with van der Waals surface area (Å²) in [6.45, 7) is 1.96. The number of carboxylic acid groups (broad SMARTS) is 1. The molecule has 0 amide bonds. The number of carbonyl (C=O) groups is 1. The summed E-state index contributed by atoms with van der Waals surface area (Å²) in [4.78, 5) is 18.0. The van der Waals surface area contributed by atoms with Crippen molar-refractivity contribution in [3.05, 3.63) is 69.8 Å². The number of fused-ring (bicyclic) bond motifs is 2. The van der Waals surface area contributed by atoms with Crippen molar-refractivity contribution in [2.24, 2.45) is 24.8 Å². The average molecular weight is 535 g/mol. The molecule has 0 spiro atoms. The Morgan fingerprint density at radius 2 is 1.89 bits per heavy atom. The smallest absolute Gasteiger partial charge is 0.337 e. The molecule has 4 heterocycles. The number of halogens is 2. The molecule has 9 heteroatoms. The second-order valence-corrected chi connectivity index (χ2v) is 11.2. The highest BCUT2D eigenvalue weighted by Crippen LogP contribution is 2.54. The van der Waals surface area contributed by atoms with Crippen LogP contribution in [0.25, 0.3) is 28.2 Å². The lowest BCUT2D eigenvalue weighted by Crippen LogP contribution is -2.23. The molecule has 2 saturated carbocycles. The van der Waals surface area contributed by atoms with Gasteiger partial charge in [0, 0.05) is 66.8 Å². The number of aromatic carboxylic acids is 1. The summed E-state index contributed by atoms with van der Waals surface area (Å²) in [6, 6.07) is 6.07. The molecule has 2 unspecified atom stereocenters. The van der Waals surface area contributed by atoms with Crippen molar-refractivity contribution < 1.29 is 14.4 Å². The number of piperidine rings is 1. The maximum absolute atomic E-state index is 11.5. The number of pyridine rings is 1. The predicted octanol–water partition coefficient (Wildman–Crippen LogP) is 6.51. The summed E-state index contributed by atoms with van der Waals surface area (Å²) in [5.74, 6) is 2.12. The molecule has 3 fully saturated rings. The van der Waals surface area contributed by atoms with Crippen LogP contribution >= 0.6 is 23.2 Å². The zero-order chi connectivity index (χ0) is 25.4. The molecule has 0 bridgehead atoms. The van der Waals surface area contributed by atoms with Gasteiger partial charge in [0.25, 0.3) is 0 Å². The van der Waals surface area contributed by atoms with Crippen LogP contribution in [-0.4, -0.2) is 38.9 Å². The number of aromatic nitrogens is 3. The van der Waals surface area contributed by atoms with Gasteiger partial charge in [0.15, 0.2) is 0 Å². The van der Waals surface area contributed by atoms with E-state index in [9.17, 15) is 9.90 Å². The highest BCUT2D eigenvalue weighted by molar-refractivity contribution is 6.39. The van der Waals surface area contributed by atoms with Crippen LogP contribution in [0.15, 0.2) is 47.4 Å². The summed E-state index contributed by atoms with van der Waals surface area (Å²) >= 11 is 12.9. The first-order valence-corrected chi connectivity index (χ1v) is 13.2. The summed E-state index contributed by atoms with van der Waals surface area (Å²) in [5.41, 5.74) is 4.74. The van der Waals surface area contributed by atoms with Gasteiger partial charge >= 0.3 is 5.97 Å². The van der Waals surface area contributed by atoms with Crippen molar-refractivity contribution in [1.29, 1.82) is 0 Å². The fraction of sp³-hybridized carbons (Fsp3) is 0.321. The van der Waals surface area contributed by atoms with E-state index in [4.69, 9.17) is 27.7 Å². The molecule has 7 nitrogen and oxygen atoms in total. The fourth-order valence-corrected chi connectivity index (χ4v) is 6.49. The Bertz CT molecular complexity index is 1570.